The zero-order chi connectivity index (χ0) is 14.3. The van der Waals surface area contributed by atoms with Crippen LogP contribution in [0, 0.1) is 0 Å². The molecule has 1 unspecified atom stereocenters. The minimum atomic E-state index is -0.605. The summed E-state index contributed by atoms with van der Waals surface area (Å²) in [5.74, 6) is 0.0474. The van der Waals surface area contributed by atoms with Gasteiger partial charge in [0.2, 0.25) is 5.91 Å². The molecule has 0 aliphatic rings. The molecule has 0 aliphatic heterocycles. The number of rotatable bonds is 8. The zero-order valence-electron chi connectivity index (χ0n) is 12.0. The van der Waals surface area contributed by atoms with E-state index in [4.69, 9.17) is 0 Å². The number of aliphatic hydroxyl groups is 1. The highest BCUT2D eigenvalue weighted by molar-refractivity contribution is 5.75. The van der Waals surface area contributed by atoms with Crippen LogP contribution in [0.4, 0.5) is 0 Å². The van der Waals surface area contributed by atoms with Gasteiger partial charge in [-0.2, -0.15) is 0 Å². The smallest absolute Gasteiger partial charge is 0.244 e. The number of aliphatic hydroxyl groups excluding tert-OH is 1. The largest absolute Gasteiger partial charge is 0.387 e. The second-order valence-corrected chi connectivity index (χ2v) is 4.65. The van der Waals surface area contributed by atoms with E-state index in [1.54, 1.807) is 6.20 Å². The fourth-order valence-electron chi connectivity index (χ4n) is 1.89. The minimum Gasteiger partial charge on any atom is -0.387 e. The first-order chi connectivity index (χ1) is 9.12. The molecule has 0 spiro atoms. The highest BCUT2D eigenvalue weighted by Crippen LogP contribution is 2.11. The Balaban J connectivity index is 2.62. The van der Waals surface area contributed by atoms with Crippen LogP contribution in [0.1, 0.15) is 51.8 Å². The molecule has 0 fully saturated rings. The lowest BCUT2D eigenvalue weighted by atomic mass is 10.2. The summed E-state index contributed by atoms with van der Waals surface area (Å²) in [5.41, 5.74) is 0.521. The van der Waals surface area contributed by atoms with E-state index in [-0.39, 0.29) is 12.5 Å². The first-order valence-corrected chi connectivity index (χ1v) is 6.98. The van der Waals surface area contributed by atoms with Gasteiger partial charge in [-0.05, 0) is 19.3 Å². The van der Waals surface area contributed by atoms with E-state index in [0.29, 0.717) is 12.1 Å². The molecule has 0 bridgehead atoms. The van der Waals surface area contributed by atoms with Gasteiger partial charge in [0.05, 0.1) is 12.3 Å². The van der Waals surface area contributed by atoms with Crippen LogP contribution in [-0.2, 0) is 11.3 Å². The average Bonchev–Trinajstić information content (AvgIpc) is 2.86. The van der Waals surface area contributed by atoms with Crippen molar-refractivity contribution in [3.8, 4) is 0 Å². The Bertz CT molecular complexity index is 386. The maximum Gasteiger partial charge on any atom is 0.244 e. The summed E-state index contributed by atoms with van der Waals surface area (Å²) in [6.07, 6.45) is 3.52. The summed E-state index contributed by atoms with van der Waals surface area (Å²) in [6.45, 7) is 7.71. The summed E-state index contributed by atoms with van der Waals surface area (Å²) < 4.78 is 1.49. The molecule has 0 aromatic carbocycles. The zero-order valence-corrected chi connectivity index (χ0v) is 12.0. The molecule has 0 saturated heterocycles. The van der Waals surface area contributed by atoms with E-state index in [1.165, 1.54) is 4.68 Å². The highest BCUT2D eigenvalue weighted by Gasteiger charge is 2.15. The van der Waals surface area contributed by atoms with Crippen molar-refractivity contribution in [1.29, 1.82) is 0 Å². The topological polar surface area (TPSA) is 71.2 Å². The number of carbonyl (C=O) groups excluding carboxylic acids is 1. The lowest BCUT2D eigenvalue weighted by molar-refractivity contribution is -0.132. The van der Waals surface area contributed by atoms with Gasteiger partial charge in [-0.25, -0.2) is 4.68 Å². The molecular weight excluding hydrogens is 244 g/mol. The molecule has 6 nitrogen and oxygen atoms in total. The van der Waals surface area contributed by atoms with Crippen LogP contribution in [0.5, 0.6) is 0 Å². The van der Waals surface area contributed by atoms with Crippen LogP contribution in [0.2, 0.25) is 0 Å². The number of hydrogen-bond donors (Lipinski definition) is 1. The van der Waals surface area contributed by atoms with Crippen LogP contribution in [0.3, 0.4) is 0 Å². The summed E-state index contributed by atoms with van der Waals surface area (Å²) in [7, 11) is 0. The Morgan fingerprint density at radius 1 is 1.37 bits per heavy atom. The van der Waals surface area contributed by atoms with Gasteiger partial charge < -0.3 is 10.0 Å². The van der Waals surface area contributed by atoms with Gasteiger partial charge in [0.1, 0.15) is 12.2 Å². The van der Waals surface area contributed by atoms with Crippen molar-refractivity contribution in [2.45, 2.75) is 52.7 Å². The second kappa shape index (κ2) is 7.89. The van der Waals surface area contributed by atoms with E-state index in [1.807, 2.05) is 11.8 Å². The number of aromatic nitrogens is 3. The highest BCUT2D eigenvalue weighted by atomic mass is 16.3. The van der Waals surface area contributed by atoms with Crippen molar-refractivity contribution in [2.75, 3.05) is 13.1 Å². The number of nitrogens with zero attached hydrogens (tertiary/aromatic N) is 4. The molecule has 1 heterocycles. The fourth-order valence-corrected chi connectivity index (χ4v) is 1.89. The SMILES string of the molecule is CCCN(CCC)C(=O)Cn1cc(C(O)CC)nn1. The molecule has 19 heavy (non-hydrogen) atoms. The van der Waals surface area contributed by atoms with Crippen molar-refractivity contribution >= 4 is 5.91 Å². The van der Waals surface area contributed by atoms with Gasteiger partial charge in [-0.3, -0.25) is 4.79 Å². The Hall–Kier alpha value is -1.43. The average molecular weight is 268 g/mol. The molecule has 1 aromatic rings. The molecule has 0 saturated carbocycles. The summed E-state index contributed by atoms with van der Waals surface area (Å²) in [4.78, 5) is 14.0. The predicted octanol–water partition coefficient (Wildman–Crippen LogP) is 1.37. The van der Waals surface area contributed by atoms with Crippen molar-refractivity contribution in [3.63, 3.8) is 0 Å². The quantitative estimate of drug-likeness (QED) is 0.773. The van der Waals surface area contributed by atoms with Gasteiger partial charge in [0.25, 0.3) is 0 Å². The summed E-state index contributed by atoms with van der Waals surface area (Å²) in [5, 5.41) is 17.4. The third-order valence-corrected chi connectivity index (χ3v) is 2.92. The first-order valence-electron chi connectivity index (χ1n) is 6.98. The maximum atomic E-state index is 12.1. The van der Waals surface area contributed by atoms with E-state index < -0.39 is 6.10 Å². The van der Waals surface area contributed by atoms with Crippen molar-refractivity contribution in [1.82, 2.24) is 19.9 Å². The predicted molar refractivity (Wildman–Crippen MR) is 72.4 cm³/mol. The van der Waals surface area contributed by atoms with Gasteiger partial charge in [0, 0.05) is 13.1 Å². The van der Waals surface area contributed by atoms with Crippen LogP contribution in [0.15, 0.2) is 6.20 Å². The Kier molecular flexibility index (Phi) is 6.49. The van der Waals surface area contributed by atoms with E-state index in [0.717, 1.165) is 25.9 Å². The lowest BCUT2D eigenvalue weighted by Gasteiger charge is -2.21. The first kappa shape index (κ1) is 15.6. The molecule has 1 N–H and O–H groups in total. The van der Waals surface area contributed by atoms with Gasteiger partial charge in [-0.1, -0.05) is 26.0 Å². The lowest BCUT2D eigenvalue weighted by Crippen LogP contribution is -2.35. The molecule has 1 amide bonds. The van der Waals surface area contributed by atoms with Crippen LogP contribution >= 0.6 is 0 Å². The van der Waals surface area contributed by atoms with Crippen molar-refractivity contribution in [2.24, 2.45) is 0 Å². The molecular formula is C13H24N4O2. The third kappa shape index (κ3) is 4.63. The normalized spacial score (nSPS) is 12.4. The molecule has 1 rings (SSSR count). The molecule has 6 heteroatoms. The molecule has 1 aromatic heterocycles. The van der Waals surface area contributed by atoms with Gasteiger partial charge in [-0.15, -0.1) is 5.10 Å². The van der Waals surface area contributed by atoms with Crippen molar-refractivity contribution in [3.05, 3.63) is 11.9 Å². The summed E-state index contributed by atoms with van der Waals surface area (Å²) >= 11 is 0. The van der Waals surface area contributed by atoms with Crippen LogP contribution in [-0.4, -0.2) is 44.0 Å². The van der Waals surface area contributed by atoms with Gasteiger partial charge >= 0.3 is 0 Å². The summed E-state index contributed by atoms with van der Waals surface area (Å²) in [6, 6.07) is 0. The van der Waals surface area contributed by atoms with Crippen molar-refractivity contribution < 1.29 is 9.90 Å². The van der Waals surface area contributed by atoms with E-state index in [9.17, 15) is 9.90 Å². The van der Waals surface area contributed by atoms with Gasteiger partial charge in [0.15, 0.2) is 0 Å². The monoisotopic (exact) mass is 268 g/mol. The third-order valence-electron chi connectivity index (χ3n) is 2.92. The molecule has 108 valence electrons. The second-order valence-electron chi connectivity index (χ2n) is 4.65. The molecule has 1 atom stereocenters. The van der Waals surface area contributed by atoms with E-state index >= 15 is 0 Å². The van der Waals surface area contributed by atoms with Crippen LogP contribution in [0.25, 0.3) is 0 Å². The number of hydrogen-bond acceptors (Lipinski definition) is 4. The molecule has 0 radical (unpaired) electrons. The Labute approximate surface area is 114 Å². The fraction of sp³-hybridized carbons (Fsp3) is 0.769. The standard InChI is InChI=1S/C13H24N4O2/c1-4-7-16(8-5-2)13(19)10-17-9-11(14-15-17)12(18)6-3/h9,12,18H,4-8,10H2,1-3H3. The Morgan fingerprint density at radius 3 is 2.53 bits per heavy atom. The maximum absolute atomic E-state index is 12.1. The Morgan fingerprint density at radius 2 is 2.00 bits per heavy atom. The minimum absolute atomic E-state index is 0.0474. The van der Waals surface area contributed by atoms with E-state index in [2.05, 4.69) is 24.2 Å². The molecule has 0 aliphatic carbocycles. The number of amides is 1. The number of carbonyl (C=O) groups is 1. The van der Waals surface area contributed by atoms with Crippen LogP contribution < -0.4 is 0 Å².